The van der Waals surface area contributed by atoms with Gasteiger partial charge < -0.3 is 9.64 Å². The summed E-state index contributed by atoms with van der Waals surface area (Å²) in [5.74, 6) is 0.711. The highest BCUT2D eigenvalue weighted by atomic mass is 32.2. The molecule has 0 bridgehead atoms. The van der Waals surface area contributed by atoms with E-state index in [1.165, 1.54) is 0 Å². The average molecular weight is 388 g/mol. The number of nitrogens with one attached hydrogen (secondary N) is 1. The van der Waals surface area contributed by atoms with Crippen molar-refractivity contribution in [2.75, 3.05) is 18.6 Å². The van der Waals surface area contributed by atoms with E-state index in [2.05, 4.69) is 4.72 Å². The highest BCUT2D eigenvalue weighted by molar-refractivity contribution is 7.89. The predicted octanol–water partition coefficient (Wildman–Crippen LogP) is 3.17. The van der Waals surface area contributed by atoms with Gasteiger partial charge in [-0.1, -0.05) is 18.2 Å². The molecule has 1 amide bonds. The third-order valence-electron chi connectivity index (χ3n) is 4.78. The van der Waals surface area contributed by atoms with E-state index in [1.807, 2.05) is 25.1 Å². The van der Waals surface area contributed by atoms with Crippen LogP contribution in [0.2, 0.25) is 0 Å². The van der Waals surface area contributed by atoms with Crippen molar-refractivity contribution in [2.24, 2.45) is 0 Å². The van der Waals surface area contributed by atoms with E-state index >= 15 is 0 Å². The topological polar surface area (TPSA) is 75.7 Å². The van der Waals surface area contributed by atoms with Crippen LogP contribution in [-0.4, -0.2) is 28.0 Å². The molecule has 0 aromatic heterocycles. The molecule has 2 aromatic rings. The summed E-state index contributed by atoms with van der Waals surface area (Å²) in [5.41, 5.74) is 2.30. The molecule has 144 valence electrons. The third kappa shape index (κ3) is 3.99. The number of anilines is 1. The van der Waals surface area contributed by atoms with Crippen LogP contribution in [0.3, 0.4) is 0 Å². The molecule has 1 fully saturated rings. The number of methoxy groups -OCH3 is 1. The summed E-state index contributed by atoms with van der Waals surface area (Å²) in [6.07, 6.45) is 1.37. The molecule has 7 heteroatoms. The van der Waals surface area contributed by atoms with Crippen molar-refractivity contribution in [3.8, 4) is 5.75 Å². The minimum Gasteiger partial charge on any atom is -0.496 e. The van der Waals surface area contributed by atoms with E-state index in [1.54, 1.807) is 43.2 Å². The number of carbonyl (C=O) groups excluding carboxylic acids is 1. The fraction of sp³-hybridized carbons (Fsp3) is 0.350. The van der Waals surface area contributed by atoms with Crippen LogP contribution in [0.1, 0.15) is 36.9 Å². The molecule has 3 rings (SSSR count). The van der Waals surface area contributed by atoms with Crippen molar-refractivity contribution in [2.45, 2.75) is 37.6 Å². The number of nitrogens with zero attached hydrogens (tertiary/aromatic N) is 1. The maximum atomic E-state index is 12.8. The van der Waals surface area contributed by atoms with Crippen LogP contribution in [0.5, 0.6) is 5.75 Å². The van der Waals surface area contributed by atoms with Crippen LogP contribution in [-0.2, 0) is 14.8 Å². The van der Waals surface area contributed by atoms with Crippen molar-refractivity contribution >= 4 is 21.6 Å². The zero-order valence-electron chi connectivity index (χ0n) is 15.7. The fourth-order valence-corrected chi connectivity index (χ4v) is 4.70. The fourth-order valence-electron chi connectivity index (χ4n) is 3.39. The summed E-state index contributed by atoms with van der Waals surface area (Å²) in [5, 5.41) is 0. The van der Waals surface area contributed by atoms with Crippen LogP contribution in [0.4, 0.5) is 5.69 Å². The predicted molar refractivity (Wildman–Crippen MR) is 104 cm³/mol. The average Bonchev–Trinajstić information content (AvgIpc) is 3.07. The summed E-state index contributed by atoms with van der Waals surface area (Å²) in [4.78, 5) is 13.9. The van der Waals surface area contributed by atoms with Crippen molar-refractivity contribution in [3.63, 3.8) is 0 Å². The normalized spacial score (nSPS) is 15.8. The number of sulfonamides is 1. The van der Waals surface area contributed by atoms with E-state index in [4.69, 9.17) is 4.74 Å². The van der Waals surface area contributed by atoms with Gasteiger partial charge in [0.05, 0.1) is 12.0 Å². The Balaban J connectivity index is 1.84. The molecular weight excluding hydrogens is 364 g/mol. The maximum Gasteiger partial charge on any atom is 0.241 e. The number of hydrogen-bond donors (Lipinski definition) is 1. The lowest BCUT2D eigenvalue weighted by atomic mass is 10.1. The van der Waals surface area contributed by atoms with Crippen molar-refractivity contribution in [3.05, 3.63) is 53.6 Å². The largest absolute Gasteiger partial charge is 0.496 e. The molecule has 6 nitrogen and oxygen atoms in total. The summed E-state index contributed by atoms with van der Waals surface area (Å²) in [7, 11) is -2.16. The van der Waals surface area contributed by atoms with Crippen molar-refractivity contribution < 1.29 is 17.9 Å². The summed E-state index contributed by atoms with van der Waals surface area (Å²) >= 11 is 0. The maximum absolute atomic E-state index is 12.8. The van der Waals surface area contributed by atoms with Crippen LogP contribution < -0.4 is 14.4 Å². The number of aryl methyl sites for hydroxylation is 1. The SMILES string of the molecule is COc1ccccc1[C@H](C)NS(=O)(=O)c1ccc(N2CCCC2=O)c(C)c1. The molecule has 0 spiro atoms. The highest BCUT2D eigenvalue weighted by Gasteiger charge is 2.25. The first-order chi connectivity index (χ1) is 12.8. The Morgan fingerprint density at radius 3 is 2.56 bits per heavy atom. The third-order valence-corrected chi connectivity index (χ3v) is 6.32. The Morgan fingerprint density at radius 2 is 1.93 bits per heavy atom. The van der Waals surface area contributed by atoms with E-state index in [0.29, 0.717) is 18.7 Å². The number of benzene rings is 2. The lowest BCUT2D eigenvalue weighted by Gasteiger charge is -2.20. The molecule has 1 aliphatic rings. The first-order valence-corrected chi connectivity index (χ1v) is 10.4. The highest BCUT2D eigenvalue weighted by Crippen LogP contribution is 2.29. The Bertz CT molecular complexity index is 956. The quantitative estimate of drug-likeness (QED) is 0.825. The molecule has 2 aromatic carbocycles. The van der Waals surface area contributed by atoms with Crippen LogP contribution in [0.15, 0.2) is 47.4 Å². The second-order valence-electron chi connectivity index (χ2n) is 6.68. The van der Waals surface area contributed by atoms with Crippen LogP contribution >= 0.6 is 0 Å². The molecule has 1 saturated heterocycles. The van der Waals surface area contributed by atoms with Gasteiger partial charge in [-0.2, -0.15) is 0 Å². The monoisotopic (exact) mass is 388 g/mol. The molecule has 0 radical (unpaired) electrons. The molecule has 1 aliphatic heterocycles. The van der Waals surface area contributed by atoms with E-state index in [-0.39, 0.29) is 10.8 Å². The van der Waals surface area contributed by atoms with Gasteiger partial charge in [0.25, 0.3) is 0 Å². The Morgan fingerprint density at radius 1 is 1.19 bits per heavy atom. The van der Waals surface area contributed by atoms with Crippen LogP contribution in [0.25, 0.3) is 0 Å². The number of hydrogen-bond acceptors (Lipinski definition) is 4. The number of carbonyl (C=O) groups is 1. The Kier molecular flexibility index (Phi) is 5.53. The molecular formula is C20H24N2O4S. The van der Waals surface area contributed by atoms with Gasteiger partial charge in [-0.25, -0.2) is 13.1 Å². The molecule has 0 saturated carbocycles. The standard InChI is InChI=1S/C20H24N2O4S/c1-14-13-16(10-11-18(14)22-12-6-9-20(22)23)27(24,25)21-15(2)17-7-4-5-8-19(17)26-3/h4-5,7-8,10-11,13,15,21H,6,9,12H2,1-3H3/t15-/m0/s1. The minimum absolute atomic E-state index is 0.0802. The summed E-state index contributed by atoms with van der Waals surface area (Å²) in [6, 6.07) is 11.7. The van der Waals surface area contributed by atoms with Gasteiger partial charge in [0, 0.05) is 30.3 Å². The lowest BCUT2D eigenvalue weighted by molar-refractivity contribution is -0.117. The van der Waals surface area contributed by atoms with Gasteiger partial charge in [0.15, 0.2) is 0 Å². The summed E-state index contributed by atoms with van der Waals surface area (Å²) in [6.45, 7) is 4.28. The van der Waals surface area contributed by atoms with Gasteiger partial charge in [-0.05, 0) is 50.1 Å². The number of amides is 1. The number of rotatable bonds is 6. The second-order valence-corrected chi connectivity index (χ2v) is 8.40. The van der Waals surface area contributed by atoms with E-state index in [0.717, 1.165) is 23.2 Å². The van der Waals surface area contributed by atoms with Gasteiger partial charge in [0.1, 0.15) is 5.75 Å². The van der Waals surface area contributed by atoms with Gasteiger partial charge in [-0.3, -0.25) is 4.79 Å². The first-order valence-electron chi connectivity index (χ1n) is 8.90. The Labute approximate surface area is 160 Å². The van der Waals surface area contributed by atoms with Crippen molar-refractivity contribution in [1.82, 2.24) is 4.72 Å². The number of ether oxygens (including phenoxy) is 1. The van der Waals surface area contributed by atoms with E-state index in [9.17, 15) is 13.2 Å². The molecule has 1 atom stereocenters. The lowest BCUT2D eigenvalue weighted by Crippen LogP contribution is -2.28. The molecule has 0 aliphatic carbocycles. The first kappa shape index (κ1) is 19.4. The van der Waals surface area contributed by atoms with Gasteiger partial charge in [0.2, 0.25) is 15.9 Å². The zero-order valence-corrected chi connectivity index (χ0v) is 16.5. The molecule has 27 heavy (non-hydrogen) atoms. The molecule has 1 N–H and O–H groups in total. The zero-order chi connectivity index (χ0) is 19.6. The van der Waals surface area contributed by atoms with Gasteiger partial charge in [-0.15, -0.1) is 0 Å². The number of para-hydroxylation sites is 1. The van der Waals surface area contributed by atoms with Crippen molar-refractivity contribution in [1.29, 1.82) is 0 Å². The van der Waals surface area contributed by atoms with E-state index < -0.39 is 16.1 Å². The Hall–Kier alpha value is -2.38. The molecule has 1 heterocycles. The van der Waals surface area contributed by atoms with Gasteiger partial charge >= 0.3 is 0 Å². The summed E-state index contributed by atoms with van der Waals surface area (Å²) < 4.78 is 33.7. The van der Waals surface area contributed by atoms with Crippen LogP contribution in [0, 0.1) is 6.92 Å². The molecule has 0 unspecified atom stereocenters. The smallest absolute Gasteiger partial charge is 0.241 e. The second kappa shape index (κ2) is 7.70. The minimum atomic E-state index is -3.72.